The standard InChI is InChI=1S/C30H31N3O2S/c1-21-14-16-23(17-15-21)20-35-26-12-7-9-24(18-26)19-27-29(34)33(25-10-4-3-5-11-25)30(36-27)32-28-13-6-8-22(2)31-28/h6-9,12-19,25H,3-5,10-11,20H2,1-2H3/b27-19-,32-30+. The highest BCUT2D eigenvalue weighted by Crippen LogP contribution is 2.38. The van der Waals surface area contributed by atoms with Crippen LogP contribution in [0.1, 0.15) is 54.5 Å². The predicted octanol–water partition coefficient (Wildman–Crippen LogP) is 7.21. The molecule has 0 bridgehead atoms. The van der Waals surface area contributed by atoms with E-state index in [-0.39, 0.29) is 11.9 Å². The van der Waals surface area contributed by atoms with Gasteiger partial charge in [0, 0.05) is 11.7 Å². The Morgan fingerprint density at radius 1 is 1.03 bits per heavy atom. The second kappa shape index (κ2) is 11.1. The van der Waals surface area contributed by atoms with Crippen molar-refractivity contribution < 1.29 is 9.53 Å². The van der Waals surface area contributed by atoms with Crippen molar-refractivity contribution in [1.82, 2.24) is 9.88 Å². The van der Waals surface area contributed by atoms with Gasteiger partial charge in [0.25, 0.3) is 5.91 Å². The zero-order chi connectivity index (χ0) is 24.9. The van der Waals surface area contributed by atoms with Crippen molar-refractivity contribution >= 4 is 34.7 Å². The van der Waals surface area contributed by atoms with Crippen molar-refractivity contribution in [2.45, 2.75) is 58.6 Å². The number of pyridine rings is 1. The first-order valence-electron chi connectivity index (χ1n) is 12.6. The molecule has 36 heavy (non-hydrogen) atoms. The fraction of sp³-hybridized carbons (Fsp3) is 0.300. The number of nitrogens with zero attached hydrogens (tertiary/aromatic N) is 3. The monoisotopic (exact) mass is 497 g/mol. The van der Waals surface area contributed by atoms with Gasteiger partial charge in [-0.3, -0.25) is 9.69 Å². The molecule has 2 fully saturated rings. The molecule has 1 amide bonds. The maximum atomic E-state index is 13.6. The predicted molar refractivity (Wildman–Crippen MR) is 147 cm³/mol. The van der Waals surface area contributed by atoms with E-state index >= 15 is 0 Å². The topological polar surface area (TPSA) is 54.8 Å². The fourth-order valence-electron chi connectivity index (χ4n) is 4.61. The van der Waals surface area contributed by atoms with Crippen LogP contribution in [0.5, 0.6) is 5.75 Å². The third kappa shape index (κ3) is 5.88. The molecule has 2 aliphatic rings. The minimum Gasteiger partial charge on any atom is -0.489 e. The second-order valence-corrected chi connectivity index (χ2v) is 10.5. The van der Waals surface area contributed by atoms with E-state index in [4.69, 9.17) is 9.73 Å². The number of aryl methyl sites for hydroxylation is 2. The van der Waals surface area contributed by atoms with Crippen LogP contribution < -0.4 is 4.74 Å². The van der Waals surface area contributed by atoms with Crippen LogP contribution in [0, 0.1) is 13.8 Å². The van der Waals surface area contributed by atoms with E-state index in [0.29, 0.717) is 17.3 Å². The number of amidine groups is 1. The van der Waals surface area contributed by atoms with Gasteiger partial charge < -0.3 is 4.74 Å². The number of carbonyl (C=O) groups is 1. The highest BCUT2D eigenvalue weighted by Gasteiger charge is 2.38. The molecule has 1 saturated carbocycles. The molecular formula is C30H31N3O2S. The lowest BCUT2D eigenvalue weighted by Crippen LogP contribution is -2.40. The number of benzene rings is 2. The van der Waals surface area contributed by atoms with Crippen LogP contribution in [0.3, 0.4) is 0 Å². The van der Waals surface area contributed by atoms with E-state index < -0.39 is 0 Å². The molecule has 184 valence electrons. The van der Waals surface area contributed by atoms with Crippen molar-refractivity contribution in [1.29, 1.82) is 0 Å². The molecule has 0 N–H and O–H groups in total. The van der Waals surface area contributed by atoms with E-state index in [0.717, 1.165) is 53.4 Å². The maximum absolute atomic E-state index is 13.6. The molecule has 1 aliphatic heterocycles. The molecule has 0 spiro atoms. The number of carbonyl (C=O) groups excluding carboxylic acids is 1. The Balaban J connectivity index is 1.38. The molecule has 5 nitrogen and oxygen atoms in total. The summed E-state index contributed by atoms with van der Waals surface area (Å²) in [7, 11) is 0. The highest BCUT2D eigenvalue weighted by molar-refractivity contribution is 8.18. The van der Waals surface area contributed by atoms with E-state index in [1.165, 1.54) is 23.7 Å². The minimum atomic E-state index is 0.0317. The summed E-state index contributed by atoms with van der Waals surface area (Å²) in [5.74, 6) is 1.45. The van der Waals surface area contributed by atoms with Crippen LogP contribution in [0.4, 0.5) is 5.82 Å². The summed E-state index contributed by atoms with van der Waals surface area (Å²) in [4.78, 5) is 25.6. The highest BCUT2D eigenvalue weighted by atomic mass is 32.2. The van der Waals surface area contributed by atoms with Gasteiger partial charge in [-0.1, -0.05) is 67.3 Å². The first-order valence-corrected chi connectivity index (χ1v) is 13.4. The largest absolute Gasteiger partial charge is 0.489 e. The number of ether oxygens (including phenoxy) is 1. The van der Waals surface area contributed by atoms with Gasteiger partial charge in [0.15, 0.2) is 11.0 Å². The summed E-state index contributed by atoms with van der Waals surface area (Å²) in [5, 5.41) is 0.725. The van der Waals surface area contributed by atoms with E-state index in [1.807, 2.05) is 60.4 Å². The summed E-state index contributed by atoms with van der Waals surface area (Å²) < 4.78 is 6.03. The number of hydrogen-bond acceptors (Lipinski definition) is 5. The van der Waals surface area contributed by atoms with Crippen LogP contribution in [0.25, 0.3) is 6.08 Å². The second-order valence-electron chi connectivity index (χ2n) is 9.46. The van der Waals surface area contributed by atoms with Crippen LogP contribution in [-0.4, -0.2) is 27.0 Å². The van der Waals surface area contributed by atoms with Crippen molar-refractivity contribution in [3.8, 4) is 5.75 Å². The molecule has 1 saturated heterocycles. The van der Waals surface area contributed by atoms with Crippen LogP contribution >= 0.6 is 11.8 Å². The first kappa shape index (κ1) is 24.3. The smallest absolute Gasteiger partial charge is 0.267 e. The number of thioether (sulfide) groups is 1. The van der Waals surface area contributed by atoms with E-state index in [2.05, 4.69) is 36.2 Å². The number of aliphatic imine (C=N–C) groups is 1. The molecule has 2 aromatic carbocycles. The Kier molecular flexibility index (Phi) is 7.52. The van der Waals surface area contributed by atoms with E-state index in [9.17, 15) is 4.79 Å². The molecular weight excluding hydrogens is 466 g/mol. The van der Waals surface area contributed by atoms with Gasteiger partial charge in [-0.15, -0.1) is 0 Å². The Labute approximate surface area is 217 Å². The van der Waals surface area contributed by atoms with Gasteiger partial charge in [0.2, 0.25) is 0 Å². The Bertz CT molecular complexity index is 1290. The molecule has 0 radical (unpaired) electrons. The average Bonchev–Trinajstić information content (AvgIpc) is 3.18. The van der Waals surface area contributed by atoms with Crippen molar-refractivity contribution in [3.05, 3.63) is 94.0 Å². The number of amides is 1. The van der Waals surface area contributed by atoms with Crippen molar-refractivity contribution in [2.75, 3.05) is 0 Å². The quantitative estimate of drug-likeness (QED) is 0.338. The minimum absolute atomic E-state index is 0.0317. The Morgan fingerprint density at radius 2 is 1.81 bits per heavy atom. The molecule has 1 aromatic heterocycles. The SMILES string of the molecule is Cc1ccc(COc2cccc(/C=C3\S/C(=N/c4cccc(C)n4)N(C4CCCCC4)C3=O)c2)cc1. The molecule has 0 unspecified atom stereocenters. The summed E-state index contributed by atoms with van der Waals surface area (Å²) >= 11 is 1.44. The normalized spacial score (nSPS) is 18.8. The molecule has 6 heteroatoms. The molecule has 2 heterocycles. The van der Waals surface area contributed by atoms with Gasteiger partial charge in [-0.2, -0.15) is 0 Å². The van der Waals surface area contributed by atoms with Crippen LogP contribution in [-0.2, 0) is 11.4 Å². The fourth-order valence-corrected chi connectivity index (χ4v) is 5.66. The van der Waals surface area contributed by atoms with Gasteiger partial charge >= 0.3 is 0 Å². The van der Waals surface area contributed by atoms with Gasteiger partial charge in [-0.05, 0) is 79.9 Å². The van der Waals surface area contributed by atoms with Gasteiger partial charge in [0.1, 0.15) is 12.4 Å². The molecule has 0 atom stereocenters. The average molecular weight is 498 g/mol. The Morgan fingerprint density at radius 3 is 2.58 bits per heavy atom. The van der Waals surface area contributed by atoms with Gasteiger partial charge in [0.05, 0.1) is 4.91 Å². The summed E-state index contributed by atoms with van der Waals surface area (Å²) in [5.41, 5.74) is 4.20. The summed E-state index contributed by atoms with van der Waals surface area (Å²) in [6, 6.07) is 22.2. The summed E-state index contributed by atoms with van der Waals surface area (Å²) in [6.45, 7) is 4.53. The maximum Gasteiger partial charge on any atom is 0.267 e. The van der Waals surface area contributed by atoms with Crippen molar-refractivity contribution in [2.24, 2.45) is 4.99 Å². The lowest BCUT2D eigenvalue weighted by Gasteiger charge is -2.30. The number of rotatable bonds is 6. The van der Waals surface area contributed by atoms with Gasteiger partial charge in [-0.25, -0.2) is 9.98 Å². The third-order valence-electron chi connectivity index (χ3n) is 6.54. The zero-order valence-corrected chi connectivity index (χ0v) is 21.6. The van der Waals surface area contributed by atoms with Crippen LogP contribution in [0.15, 0.2) is 76.6 Å². The number of aromatic nitrogens is 1. The molecule has 5 rings (SSSR count). The van der Waals surface area contributed by atoms with E-state index in [1.54, 1.807) is 0 Å². The van der Waals surface area contributed by atoms with Crippen molar-refractivity contribution in [3.63, 3.8) is 0 Å². The first-order chi connectivity index (χ1) is 17.5. The lowest BCUT2D eigenvalue weighted by atomic mass is 9.94. The summed E-state index contributed by atoms with van der Waals surface area (Å²) in [6.07, 6.45) is 7.51. The zero-order valence-electron chi connectivity index (χ0n) is 20.8. The lowest BCUT2D eigenvalue weighted by molar-refractivity contribution is -0.124. The van der Waals surface area contributed by atoms with Crippen LogP contribution in [0.2, 0.25) is 0 Å². The number of hydrogen-bond donors (Lipinski definition) is 0. The molecule has 1 aliphatic carbocycles. The third-order valence-corrected chi connectivity index (χ3v) is 7.53. The molecule has 3 aromatic rings. The Hall–Kier alpha value is -3.38.